The predicted octanol–water partition coefficient (Wildman–Crippen LogP) is 4.86. The van der Waals surface area contributed by atoms with Crippen LogP contribution in [-0.2, 0) is 6.54 Å². The van der Waals surface area contributed by atoms with Gasteiger partial charge in [0.15, 0.2) is 5.13 Å². The molecule has 2 aromatic carbocycles. The van der Waals surface area contributed by atoms with Crippen molar-refractivity contribution in [2.45, 2.75) is 13.5 Å². The number of methoxy groups -OCH3 is 1. The molecule has 0 atom stereocenters. The molecule has 0 bridgehead atoms. The smallest absolute Gasteiger partial charge is 0.260 e. The number of pyridine rings is 1. The van der Waals surface area contributed by atoms with Crippen LogP contribution >= 0.6 is 11.3 Å². The van der Waals surface area contributed by atoms with Crippen LogP contribution in [0.25, 0.3) is 10.2 Å². The van der Waals surface area contributed by atoms with Gasteiger partial charge in [-0.25, -0.2) is 4.98 Å². The molecule has 1 amide bonds. The third kappa shape index (κ3) is 3.59. The summed E-state index contributed by atoms with van der Waals surface area (Å²) >= 11 is 1.47. The van der Waals surface area contributed by atoms with E-state index in [9.17, 15) is 4.79 Å². The number of carbonyl (C=O) groups excluding carboxylic acids is 1. The van der Waals surface area contributed by atoms with E-state index in [2.05, 4.69) is 4.98 Å². The molecule has 140 valence electrons. The lowest BCUT2D eigenvalue weighted by Crippen LogP contribution is -2.30. The fourth-order valence-corrected chi connectivity index (χ4v) is 3.93. The van der Waals surface area contributed by atoms with Gasteiger partial charge in [-0.15, -0.1) is 0 Å². The van der Waals surface area contributed by atoms with Crippen LogP contribution in [0.5, 0.6) is 5.75 Å². The van der Waals surface area contributed by atoms with Crippen LogP contribution in [0.1, 0.15) is 21.5 Å². The second kappa shape index (κ2) is 7.78. The zero-order valence-electron chi connectivity index (χ0n) is 15.6. The van der Waals surface area contributed by atoms with Crippen molar-refractivity contribution in [3.8, 4) is 5.75 Å². The van der Waals surface area contributed by atoms with E-state index in [0.29, 0.717) is 23.0 Å². The third-order valence-corrected chi connectivity index (χ3v) is 5.47. The zero-order valence-corrected chi connectivity index (χ0v) is 16.4. The van der Waals surface area contributed by atoms with Crippen molar-refractivity contribution < 1.29 is 9.53 Å². The zero-order chi connectivity index (χ0) is 19.5. The molecule has 4 rings (SSSR count). The van der Waals surface area contributed by atoms with Crippen molar-refractivity contribution in [3.63, 3.8) is 0 Å². The minimum atomic E-state index is -0.0955. The number of benzene rings is 2. The Hall–Kier alpha value is -3.25. The van der Waals surface area contributed by atoms with E-state index in [4.69, 9.17) is 9.72 Å². The number of thiazole rings is 1. The highest BCUT2D eigenvalue weighted by atomic mass is 32.1. The van der Waals surface area contributed by atoms with Crippen LogP contribution in [0.3, 0.4) is 0 Å². The first kappa shape index (κ1) is 18.1. The van der Waals surface area contributed by atoms with Gasteiger partial charge in [-0.1, -0.05) is 41.2 Å². The fraction of sp³-hybridized carbons (Fsp3) is 0.136. The Balaban J connectivity index is 1.78. The molecule has 0 saturated carbocycles. The van der Waals surface area contributed by atoms with Gasteiger partial charge in [0.2, 0.25) is 0 Å². The molecule has 0 fully saturated rings. The van der Waals surface area contributed by atoms with E-state index < -0.39 is 0 Å². The second-order valence-electron chi connectivity index (χ2n) is 6.42. The maximum Gasteiger partial charge on any atom is 0.260 e. The number of anilines is 1. The van der Waals surface area contributed by atoms with E-state index in [1.54, 1.807) is 24.4 Å². The Labute approximate surface area is 167 Å². The van der Waals surface area contributed by atoms with E-state index >= 15 is 0 Å². The summed E-state index contributed by atoms with van der Waals surface area (Å²) in [6.07, 6.45) is 3.49. The average molecular weight is 389 g/mol. The summed E-state index contributed by atoms with van der Waals surface area (Å²) in [5.41, 5.74) is 3.44. The summed E-state index contributed by atoms with van der Waals surface area (Å²) < 4.78 is 6.40. The van der Waals surface area contributed by atoms with Crippen molar-refractivity contribution >= 4 is 32.6 Å². The molecular formula is C22H19N3O2S. The van der Waals surface area contributed by atoms with Gasteiger partial charge in [-0.05, 0) is 42.8 Å². The van der Waals surface area contributed by atoms with Gasteiger partial charge in [0.1, 0.15) is 11.3 Å². The second-order valence-corrected chi connectivity index (χ2v) is 7.43. The first-order chi connectivity index (χ1) is 13.7. The molecule has 2 aromatic heterocycles. The molecule has 0 aliphatic heterocycles. The van der Waals surface area contributed by atoms with Crippen molar-refractivity contribution in [3.05, 3.63) is 83.7 Å². The quantitative estimate of drug-likeness (QED) is 0.489. The maximum atomic E-state index is 13.3. The van der Waals surface area contributed by atoms with Crippen LogP contribution in [-0.4, -0.2) is 23.0 Å². The number of aryl methyl sites for hydroxylation is 1. The normalized spacial score (nSPS) is 10.8. The van der Waals surface area contributed by atoms with Gasteiger partial charge in [0.25, 0.3) is 5.91 Å². The van der Waals surface area contributed by atoms with E-state index in [1.807, 2.05) is 61.5 Å². The Morgan fingerprint density at radius 3 is 2.64 bits per heavy atom. The topological polar surface area (TPSA) is 55.3 Å². The highest BCUT2D eigenvalue weighted by Gasteiger charge is 2.22. The Bertz CT molecular complexity index is 1110. The number of carbonyl (C=O) groups is 1. The number of ether oxygens (including phenoxy) is 1. The lowest BCUT2D eigenvalue weighted by Gasteiger charge is -2.20. The molecule has 2 heterocycles. The molecule has 5 nitrogen and oxygen atoms in total. The number of rotatable bonds is 5. The summed E-state index contributed by atoms with van der Waals surface area (Å²) in [5.74, 6) is 0.603. The molecular weight excluding hydrogens is 370 g/mol. The Kier molecular flexibility index (Phi) is 5.04. The first-order valence-electron chi connectivity index (χ1n) is 8.86. The van der Waals surface area contributed by atoms with Crippen LogP contribution < -0.4 is 9.64 Å². The molecule has 0 N–H and O–H groups in total. The van der Waals surface area contributed by atoms with Crippen molar-refractivity contribution in [1.82, 2.24) is 9.97 Å². The predicted molar refractivity (Wildman–Crippen MR) is 112 cm³/mol. The van der Waals surface area contributed by atoms with Crippen LogP contribution in [0.4, 0.5) is 5.13 Å². The Morgan fingerprint density at radius 1 is 1.11 bits per heavy atom. The van der Waals surface area contributed by atoms with Gasteiger partial charge >= 0.3 is 0 Å². The van der Waals surface area contributed by atoms with Gasteiger partial charge in [-0.2, -0.15) is 0 Å². The fourth-order valence-electron chi connectivity index (χ4n) is 2.94. The number of para-hydroxylation sites is 1. The SMILES string of the molecule is COc1cccc2sc(N(Cc3cccnc3)C(=O)c3ccc(C)cc3)nc12. The number of aromatic nitrogens is 2. The lowest BCUT2D eigenvalue weighted by atomic mass is 10.1. The number of nitrogens with zero attached hydrogens (tertiary/aromatic N) is 3. The molecule has 0 unspecified atom stereocenters. The number of hydrogen-bond donors (Lipinski definition) is 0. The molecule has 6 heteroatoms. The van der Waals surface area contributed by atoms with Gasteiger partial charge in [0.05, 0.1) is 18.4 Å². The standard InChI is InChI=1S/C22H19N3O2S/c1-15-8-10-17(11-9-15)21(26)25(14-16-5-4-12-23-13-16)22-24-20-18(27-2)6-3-7-19(20)28-22/h3-13H,14H2,1-2H3. The third-order valence-electron chi connectivity index (χ3n) is 4.43. The highest BCUT2D eigenvalue weighted by Crippen LogP contribution is 2.35. The summed E-state index contributed by atoms with van der Waals surface area (Å²) in [4.78, 5) is 23.9. The van der Waals surface area contributed by atoms with E-state index in [1.165, 1.54) is 11.3 Å². The van der Waals surface area contributed by atoms with Crippen molar-refractivity contribution in [2.24, 2.45) is 0 Å². The molecule has 0 aliphatic rings. The molecule has 4 aromatic rings. The van der Waals surface area contributed by atoms with Crippen molar-refractivity contribution in [1.29, 1.82) is 0 Å². The largest absolute Gasteiger partial charge is 0.494 e. The van der Waals surface area contributed by atoms with Gasteiger partial charge in [0, 0.05) is 18.0 Å². The van der Waals surface area contributed by atoms with Gasteiger partial charge in [-0.3, -0.25) is 14.7 Å². The summed E-state index contributed by atoms with van der Waals surface area (Å²) in [7, 11) is 1.62. The van der Waals surface area contributed by atoms with Gasteiger partial charge < -0.3 is 4.74 Å². The molecule has 0 spiro atoms. The molecule has 0 radical (unpaired) electrons. The maximum absolute atomic E-state index is 13.3. The van der Waals surface area contributed by atoms with Crippen LogP contribution in [0.15, 0.2) is 67.0 Å². The molecule has 28 heavy (non-hydrogen) atoms. The van der Waals surface area contributed by atoms with Crippen LogP contribution in [0.2, 0.25) is 0 Å². The van der Waals surface area contributed by atoms with E-state index in [0.717, 1.165) is 21.3 Å². The summed E-state index contributed by atoms with van der Waals surface area (Å²) in [6, 6.07) is 17.2. The summed E-state index contributed by atoms with van der Waals surface area (Å²) in [6.45, 7) is 2.39. The minimum Gasteiger partial charge on any atom is -0.494 e. The molecule has 0 saturated heterocycles. The summed E-state index contributed by atoms with van der Waals surface area (Å²) in [5, 5.41) is 0.633. The molecule has 0 aliphatic carbocycles. The number of hydrogen-bond acceptors (Lipinski definition) is 5. The monoisotopic (exact) mass is 389 g/mol. The highest BCUT2D eigenvalue weighted by molar-refractivity contribution is 7.22. The average Bonchev–Trinajstić information content (AvgIpc) is 3.17. The minimum absolute atomic E-state index is 0.0955. The number of amides is 1. The Morgan fingerprint density at radius 2 is 1.93 bits per heavy atom. The van der Waals surface area contributed by atoms with Crippen molar-refractivity contribution in [2.75, 3.05) is 12.0 Å². The van der Waals surface area contributed by atoms with Crippen LogP contribution in [0, 0.1) is 6.92 Å². The first-order valence-corrected chi connectivity index (χ1v) is 9.68. The number of fused-ring (bicyclic) bond motifs is 1. The van der Waals surface area contributed by atoms with E-state index in [-0.39, 0.29) is 5.91 Å². The lowest BCUT2D eigenvalue weighted by molar-refractivity contribution is 0.0985.